The van der Waals surface area contributed by atoms with Crippen molar-refractivity contribution in [3.05, 3.63) is 33.9 Å². The van der Waals surface area contributed by atoms with Gasteiger partial charge in [0.1, 0.15) is 0 Å². The number of nitro groups is 1. The van der Waals surface area contributed by atoms with Gasteiger partial charge in [-0.2, -0.15) is 0 Å². The van der Waals surface area contributed by atoms with E-state index >= 15 is 0 Å². The minimum absolute atomic E-state index is 0.258. The summed E-state index contributed by atoms with van der Waals surface area (Å²) >= 11 is 0. The summed E-state index contributed by atoms with van der Waals surface area (Å²) in [5.41, 5.74) is 0.477. The number of hydrogen-bond acceptors (Lipinski definition) is 5. The Morgan fingerprint density at radius 1 is 1.44 bits per heavy atom. The molecular weight excluding hydrogens is 238 g/mol. The van der Waals surface area contributed by atoms with Crippen LogP contribution in [0.4, 0.5) is 5.69 Å². The average molecular weight is 253 g/mol. The van der Waals surface area contributed by atoms with Crippen molar-refractivity contribution in [2.45, 2.75) is 25.7 Å². The lowest BCUT2D eigenvalue weighted by atomic mass is 10.1. The molecule has 0 amide bonds. The molecule has 1 rings (SSSR count). The number of carbonyl (C=O) groups excluding carboxylic acids is 1. The molecule has 1 aromatic carbocycles. The third-order valence-corrected chi connectivity index (χ3v) is 2.56. The van der Waals surface area contributed by atoms with Crippen LogP contribution in [0.1, 0.15) is 24.8 Å². The summed E-state index contributed by atoms with van der Waals surface area (Å²) in [6, 6.07) is 4.31. The molecule has 98 valence electrons. The van der Waals surface area contributed by atoms with Crippen LogP contribution in [0.25, 0.3) is 0 Å². The maximum atomic E-state index is 10.9. The first-order valence-electron chi connectivity index (χ1n) is 5.57. The number of benzene rings is 1. The van der Waals surface area contributed by atoms with Gasteiger partial charge in [-0.25, -0.2) is 0 Å². The van der Waals surface area contributed by atoms with E-state index in [1.165, 1.54) is 19.2 Å². The molecule has 0 aliphatic rings. The van der Waals surface area contributed by atoms with Gasteiger partial charge in [0.15, 0.2) is 5.75 Å². The highest BCUT2D eigenvalue weighted by Crippen LogP contribution is 2.26. The second kappa shape index (κ2) is 6.58. The SMILES string of the molecule is COC(=O)CCCCc1ccc(O)c([N+](=O)[O-])c1. The van der Waals surface area contributed by atoms with Crippen molar-refractivity contribution in [2.24, 2.45) is 0 Å². The minimum Gasteiger partial charge on any atom is -0.502 e. The molecule has 0 saturated heterocycles. The number of phenolic OH excluding ortho intramolecular Hbond substituents is 1. The van der Waals surface area contributed by atoms with Gasteiger partial charge in [0.2, 0.25) is 0 Å². The fourth-order valence-corrected chi connectivity index (χ4v) is 1.57. The maximum absolute atomic E-state index is 10.9. The third kappa shape index (κ3) is 4.04. The van der Waals surface area contributed by atoms with E-state index in [4.69, 9.17) is 0 Å². The van der Waals surface area contributed by atoms with E-state index in [9.17, 15) is 20.0 Å². The predicted octanol–water partition coefficient (Wildman–Crippen LogP) is 2.19. The maximum Gasteiger partial charge on any atom is 0.310 e. The lowest BCUT2D eigenvalue weighted by Crippen LogP contribution is -2.00. The zero-order valence-electron chi connectivity index (χ0n) is 10.1. The number of methoxy groups -OCH3 is 1. The number of nitro benzene ring substituents is 1. The second-order valence-electron chi connectivity index (χ2n) is 3.86. The highest BCUT2D eigenvalue weighted by molar-refractivity contribution is 5.68. The number of carbonyl (C=O) groups is 1. The molecule has 6 nitrogen and oxygen atoms in total. The fourth-order valence-electron chi connectivity index (χ4n) is 1.57. The zero-order valence-corrected chi connectivity index (χ0v) is 10.1. The molecule has 0 radical (unpaired) electrons. The number of rotatable bonds is 6. The Morgan fingerprint density at radius 2 is 2.17 bits per heavy atom. The summed E-state index contributed by atoms with van der Waals surface area (Å²) in [5.74, 6) is -0.593. The van der Waals surface area contributed by atoms with Crippen molar-refractivity contribution in [3.63, 3.8) is 0 Å². The van der Waals surface area contributed by atoms with Crippen LogP contribution in [0.3, 0.4) is 0 Å². The molecule has 0 aliphatic heterocycles. The first kappa shape index (κ1) is 14.0. The number of aryl methyl sites for hydroxylation is 1. The van der Waals surface area contributed by atoms with Crippen LogP contribution in [0.15, 0.2) is 18.2 Å². The van der Waals surface area contributed by atoms with E-state index in [-0.39, 0.29) is 17.4 Å². The van der Waals surface area contributed by atoms with Gasteiger partial charge in [0.05, 0.1) is 12.0 Å². The van der Waals surface area contributed by atoms with Gasteiger partial charge >= 0.3 is 11.7 Å². The smallest absolute Gasteiger partial charge is 0.310 e. The minimum atomic E-state index is -0.618. The van der Waals surface area contributed by atoms with Gasteiger partial charge in [-0.3, -0.25) is 14.9 Å². The van der Waals surface area contributed by atoms with Crippen molar-refractivity contribution in [3.8, 4) is 5.75 Å². The number of esters is 1. The van der Waals surface area contributed by atoms with Crippen molar-refractivity contribution < 1.29 is 19.6 Å². The van der Waals surface area contributed by atoms with E-state index in [1.54, 1.807) is 6.07 Å². The Bertz CT molecular complexity index is 444. The van der Waals surface area contributed by atoms with Crippen molar-refractivity contribution >= 4 is 11.7 Å². The van der Waals surface area contributed by atoms with Gasteiger partial charge in [-0.1, -0.05) is 6.07 Å². The standard InChI is InChI=1S/C12H15NO5/c1-18-12(15)5-3-2-4-9-6-7-11(14)10(8-9)13(16)17/h6-8,14H,2-5H2,1H3. The van der Waals surface area contributed by atoms with Crippen molar-refractivity contribution in [2.75, 3.05) is 7.11 Å². The lowest BCUT2D eigenvalue weighted by molar-refractivity contribution is -0.385. The molecule has 0 heterocycles. The Morgan fingerprint density at radius 3 is 2.78 bits per heavy atom. The van der Waals surface area contributed by atoms with Crippen LogP contribution in [-0.2, 0) is 16.0 Å². The molecule has 18 heavy (non-hydrogen) atoms. The normalized spacial score (nSPS) is 10.1. The molecule has 6 heteroatoms. The van der Waals surface area contributed by atoms with E-state index < -0.39 is 4.92 Å². The summed E-state index contributed by atoms with van der Waals surface area (Å²) in [6.07, 6.45) is 2.37. The molecule has 0 unspecified atom stereocenters. The highest BCUT2D eigenvalue weighted by Gasteiger charge is 2.13. The van der Waals surface area contributed by atoms with E-state index in [0.717, 1.165) is 12.0 Å². The van der Waals surface area contributed by atoms with Gasteiger partial charge in [-0.15, -0.1) is 0 Å². The summed E-state index contributed by atoms with van der Waals surface area (Å²) in [4.78, 5) is 20.9. The van der Waals surface area contributed by atoms with Gasteiger partial charge in [-0.05, 0) is 30.9 Å². The van der Waals surface area contributed by atoms with Gasteiger partial charge in [0.25, 0.3) is 0 Å². The van der Waals surface area contributed by atoms with Gasteiger partial charge in [0, 0.05) is 12.5 Å². The Kier molecular flexibility index (Phi) is 5.10. The topological polar surface area (TPSA) is 89.7 Å². The predicted molar refractivity (Wildman–Crippen MR) is 64.3 cm³/mol. The molecule has 0 spiro atoms. The molecule has 0 bridgehead atoms. The fraction of sp³-hybridized carbons (Fsp3) is 0.417. The second-order valence-corrected chi connectivity index (χ2v) is 3.86. The number of phenols is 1. The van der Waals surface area contributed by atoms with E-state index in [0.29, 0.717) is 19.3 Å². The summed E-state index contributed by atoms with van der Waals surface area (Å²) in [6.45, 7) is 0. The van der Waals surface area contributed by atoms with Crippen LogP contribution in [0, 0.1) is 10.1 Å². The van der Waals surface area contributed by atoms with Crippen LogP contribution in [-0.4, -0.2) is 23.1 Å². The largest absolute Gasteiger partial charge is 0.502 e. The number of aromatic hydroxyl groups is 1. The lowest BCUT2D eigenvalue weighted by Gasteiger charge is -2.02. The van der Waals surface area contributed by atoms with Crippen LogP contribution < -0.4 is 0 Å². The van der Waals surface area contributed by atoms with Crippen molar-refractivity contribution in [1.82, 2.24) is 0 Å². The number of unbranched alkanes of at least 4 members (excludes halogenated alkanes) is 1. The van der Waals surface area contributed by atoms with E-state index in [1.807, 2.05) is 0 Å². The Labute approximate surface area is 104 Å². The quantitative estimate of drug-likeness (QED) is 0.363. The monoisotopic (exact) mass is 253 g/mol. The molecule has 0 saturated carbocycles. The Balaban J connectivity index is 2.50. The molecule has 0 atom stereocenters. The first-order chi connectivity index (χ1) is 8.54. The zero-order chi connectivity index (χ0) is 13.5. The van der Waals surface area contributed by atoms with E-state index in [2.05, 4.69) is 4.74 Å². The molecular formula is C12H15NO5. The molecule has 0 fully saturated rings. The highest BCUT2D eigenvalue weighted by atomic mass is 16.6. The first-order valence-corrected chi connectivity index (χ1v) is 5.57. The molecule has 0 aliphatic carbocycles. The number of hydrogen-bond donors (Lipinski definition) is 1. The summed E-state index contributed by atoms with van der Waals surface area (Å²) < 4.78 is 4.51. The van der Waals surface area contributed by atoms with Crippen molar-refractivity contribution in [1.29, 1.82) is 0 Å². The van der Waals surface area contributed by atoms with Crippen LogP contribution >= 0.6 is 0 Å². The van der Waals surface area contributed by atoms with Gasteiger partial charge < -0.3 is 9.84 Å². The summed E-state index contributed by atoms with van der Waals surface area (Å²) in [5, 5.41) is 19.9. The third-order valence-electron chi connectivity index (χ3n) is 2.56. The van der Waals surface area contributed by atoms with Crippen LogP contribution in [0.2, 0.25) is 0 Å². The number of nitrogens with zero attached hydrogens (tertiary/aromatic N) is 1. The van der Waals surface area contributed by atoms with Crippen LogP contribution in [0.5, 0.6) is 5.75 Å². The molecule has 0 aromatic heterocycles. The molecule has 1 N–H and O–H groups in total. The number of ether oxygens (including phenoxy) is 1. The molecule has 1 aromatic rings. The summed E-state index contributed by atoms with van der Waals surface area (Å²) in [7, 11) is 1.34. The average Bonchev–Trinajstić information content (AvgIpc) is 2.35. The Hall–Kier alpha value is -2.11.